The molecule has 1 saturated heterocycles. The summed E-state index contributed by atoms with van der Waals surface area (Å²) in [6, 6.07) is 3.83. The minimum absolute atomic E-state index is 0.184. The predicted molar refractivity (Wildman–Crippen MR) is 77.8 cm³/mol. The SMILES string of the molecule is O=C(CSc1ccncc1)N1CCC(c2ncon2)CC1. The van der Waals surface area contributed by atoms with Gasteiger partial charge in [0.15, 0.2) is 5.82 Å². The number of carbonyl (C=O) groups is 1. The van der Waals surface area contributed by atoms with Crippen molar-refractivity contribution in [2.24, 2.45) is 0 Å². The van der Waals surface area contributed by atoms with Crippen LogP contribution in [0, 0.1) is 0 Å². The molecule has 2 aromatic rings. The fraction of sp³-hybridized carbons (Fsp3) is 0.429. The van der Waals surface area contributed by atoms with E-state index in [9.17, 15) is 4.79 Å². The van der Waals surface area contributed by atoms with Gasteiger partial charge in [0.05, 0.1) is 5.75 Å². The smallest absolute Gasteiger partial charge is 0.232 e. The van der Waals surface area contributed by atoms with Crippen LogP contribution < -0.4 is 0 Å². The molecule has 3 heterocycles. The van der Waals surface area contributed by atoms with Gasteiger partial charge in [-0.15, -0.1) is 11.8 Å². The van der Waals surface area contributed by atoms with Crippen LogP contribution in [0.4, 0.5) is 0 Å². The van der Waals surface area contributed by atoms with Crippen molar-refractivity contribution in [2.75, 3.05) is 18.8 Å². The van der Waals surface area contributed by atoms with Crippen LogP contribution in [0.2, 0.25) is 0 Å². The number of rotatable bonds is 4. The molecule has 6 nitrogen and oxygen atoms in total. The number of carbonyl (C=O) groups excluding carboxylic acids is 1. The van der Waals surface area contributed by atoms with Crippen LogP contribution >= 0.6 is 11.8 Å². The second-order valence-electron chi connectivity index (χ2n) is 4.92. The van der Waals surface area contributed by atoms with E-state index in [0.717, 1.165) is 36.7 Å². The summed E-state index contributed by atoms with van der Waals surface area (Å²) in [6.07, 6.45) is 6.63. The van der Waals surface area contributed by atoms with Crippen molar-refractivity contribution >= 4 is 17.7 Å². The average molecular weight is 304 g/mol. The van der Waals surface area contributed by atoms with Crippen LogP contribution in [-0.2, 0) is 4.79 Å². The first-order valence-corrected chi connectivity index (χ1v) is 7.88. The molecule has 2 aromatic heterocycles. The lowest BCUT2D eigenvalue weighted by atomic mass is 9.96. The van der Waals surface area contributed by atoms with Crippen molar-refractivity contribution in [1.82, 2.24) is 20.0 Å². The summed E-state index contributed by atoms with van der Waals surface area (Å²) in [6.45, 7) is 1.52. The number of likely N-dealkylation sites (tertiary alicyclic amines) is 1. The molecule has 0 unspecified atom stereocenters. The third kappa shape index (κ3) is 3.60. The summed E-state index contributed by atoms with van der Waals surface area (Å²) in [5.74, 6) is 1.72. The van der Waals surface area contributed by atoms with Gasteiger partial charge in [0.25, 0.3) is 0 Å². The molecule has 1 fully saturated rings. The van der Waals surface area contributed by atoms with E-state index < -0.39 is 0 Å². The zero-order valence-corrected chi connectivity index (χ0v) is 12.3. The van der Waals surface area contributed by atoms with Crippen LogP contribution in [0.25, 0.3) is 0 Å². The van der Waals surface area contributed by atoms with E-state index in [1.54, 1.807) is 24.2 Å². The third-order valence-electron chi connectivity index (χ3n) is 3.60. The summed E-state index contributed by atoms with van der Waals surface area (Å²) in [5, 5.41) is 3.89. The lowest BCUT2D eigenvalue weighted by molar-refractivity contribution is -0.129. The van der Waals surface area contributed by atoms with Crippen LogP contribution in [0.15, 0.2) is 40.3 Å². The fourth-order valence-electron chi connectivity index (χ4n) is 2.42. The molecule has 0 N–H and O–H groups in total. The number of hydrogen-bond acceptors (Lipinski definition) is 6. The lowest BCUT2D eigenvalue weighted by Gasteiger charge is -2.30. The van der Waals surface area contributed by atoms with E-state index in [4.69, 9.17) is 4.52 Å². The van der Waals surface area contributed by atoms with E-state index in [-0.39, 0.29) is 5.91 Å². The highest BCUT2D eigenvalue weighted by molar-refractivity contribution is 8.00. The summed E-state index contributed by atoms with van der Waals surface area (Å²) in [5.41, 5.74) is 0. The molecule has 0 atom stereocenters. The predicted octanol–water partition coefficient (Wildman–Crippen LogP) is 1.96. The fourth-order valence-corrected chi connectivity index (χ4v) is 3.20. The van der Waals surface area contributed by atoms with Gasteiger partial charge in [0.2, 0.25) is 12.3 Å². The Hall–Kier alpha value is -1.89. The molecule has 110 valence electrons. The van der Waals surface area contributed by atoms with E-state index >= 15 is 0 Å². The summed E-state index contributed by atoms with van der Waals surface area (Å²) in [7, 11) is 0. The van der Waals surface area contributed by atoms with Crippen molar-refractivity contribution < 1.29 is 9.32 Å². The topological polar surface area (TPSA) is 72.1 Å². The number of amides is 1. The van der Waals surface area contributed by atoms with Gasteiger partial charge in [0.1, 0.15) is 0 Å². The van der Waals surface area contributed by atoms with Gasteiger partial charge in [-0.2, -0.15) is 4.98 Å². The molecular formula is C14H16N4O2S. The van der Waals surface area contributed by atoms with Gasteiger partial charge in [0, 0.05) is 36.3 Å². The summed E-state index contributed by atoms with van der Waals surface area (Å²) in [4.78, 5) is 23.3. The Morgan fingerprint density at radius 3 is 2.76 bits per heavy atom. The molecule has 7 heteroatoms. The largest absolute Gasteiger partial charge is 0.343 e. The Kier molecular flexibility index (Phi) is 4.49. The van der Waals surface area contributed by atoms with Crippen molar-refractivity contribution in [3.05, 3.63) is 36.7 Å². The molecule has 0 spiro atoms. The van der Waals surface area contributed by atoms with Gasteiger partial charge in [-0.05, 0) is 25.0 Å². The number of pyridine rings is 1. The zero-order valence-electron chi connectivity index (χ0n) is 11.5. The van der Waals surface area contributed by atoms with Crippen molar-refractivity contribution in [3.63, 3.8) is 0 Å². The second-order valence-corrected chi connectivity index (χ2v) is 5.96. The van der Waals surface area contributed by atoms with E-state index in [2.05, 4.69) is 15.1 Å². The molecular weight excluding hydrogens is 288 g/mol. The number of hydrogen-bond donors (Lipinski definition) is 0. The van der Waals surface area contributed by atoms with Crippen molar-refractivity contribution in [2.45, 2.75) is 23.7 Å². The molecule has 1 amide bonds. The number of nitrogens with zero attached hydrogens (tertiary/aromatic N) is 4. The van der Waals surface area contributed by atoms with E-state index in [1.165, 1.54) is 6.39 Å². The number of piperidine rings is 1. The van der Waals surface area contributed by atoms with Crippen LogP contribution in [0.1, 0.15) is 24.6 Å². The maximum absolute atomic E-state index is 12.2. The van der Waals surface area contributed by atoms with Crippen LogP contribution in [-0.4, -0.2) is 44.8 Å². The Morgan fingerprint density at radius 1 is 1.33 bits per heavy atom. The molecule has 0 aliphatic carbocycles. The molecule has 0 saturated carbocycles. The van der Waals surface area contributed by atoms with E-state index in [0.29, 0.717) is 11.7 Å². The first kappa shape index (κ1) is 14.1. The van der Waals surface area contributed by atoms with E-state index in [1.807, 2.05) is 17.0 Å². The molecule has 0 bridgehead atoms. The zero-order chi connectivity index (χ0) is 14.5. The average Bonchev–Trinajstić information content (AvgIpc) is 3.08. The lowest BCUT2D eigenvalue weighted by Crippen LogP contribution is -2.39. The van der Waals surface area contributed by atoms with Gasteiger partial charge >= 0.3 is 0 Å². The highest BCUT2D eigenvalue weighted by Gasteiger charge is 2.25. The Balaban J connectivity index is 1.47. The highest BCUT2D eigenvalue weighted by Crippen LogP contribution is 2.26. The minimum Gasteiger partial charge on any atom is -0.343 e. The first-order valence-electron chi connectivity index (χ1n) is 6.90. The monoisotopic (exact) mass is 304 g/mol. The van der Waals surface area contributed by atoms with Gasteiger partial charge < -0.3 is 9.42 Å². The highest BCUT2D eigenvalue weighted by atomic mass is 32.2. The van der Waals surface area contributed by atoms with Gasteiger partial charge in [-0.3, -0.25) is 9.78 Å². The Bertz CT molecular complexity index is 568. The summed E-state index contributed by atoms with van der Waals surface area (Å²) < 4.78 is 4.78. The maximum atomic E-state index is 12.2. The molecule has 0 aromatic carbocycles. The third-order valence-corrected chi connectivity index (χ3v) is 4.60. The number of aromatic nitrogens is 3. The number of thioether (sulfide) groups is 1. The molecule has 0 radical (unpaired) electrons. The standard InChI is InChI=1S/C14H16N4O2S/c19-13(9-21-12-1-5-15-6-2-12)18-7-3-11(4-8-18)14-16-10-20-17-14/h1-2,5-6,10-11H,3-4,7-9H2. The normalized spacial score (nSPS) is 16.1. The van der Waals surface area contributed by atoms with Crippen molar-refractivity contribution in [3.8, 4) is 0 Å². The van der Waals surface area contributed by atoms with Crippen LogP contribution in [0.5, 0.6) is 0 Å². The molecule has 1 aliphatic rings. The van der Waals surface area contributed by atoms with Crippen LogP contribution in [0.3, 0.4) is 0 Å². The molecule has 3 rings (SSSR count). The Morgan fingerprint density at radius 2 is 2.10 bits per heavy atom. The first-order chi connectivity index (χ1) is 10.3. The quantitative estimate of drug-likeness (QED) is 0.804. The maximum Gasteiger partial charge on any atom is 0.232 e. The van der Waals surface area contributed by atoms with Gasteiger partial charge in [-0.1, -0.05) is 5.16 Å². The Labute approximate surface area is 126 Å². The second kappa shape index (κ2) is 6.71. The van der Waals surface area contributed by atoms with Gasteiger partial charge in [-0.25, -0.2) is 0 Å². The molecule has 1 aliphatic heterocycles. The molecule has 21 heavy (non-hydrogen) atoms. The summed E-state index contributed by atoms with van der Waals surface area (Å²) >= 11 is 1.55. The van der Waals surface area contributed by atoms with Crippen molar-refractivity contribution in [1.29, 1.82) is 0 Å². The minimum atomic E-state index is 0.184.